The lowest BCUT2D eigenvalue weighted by atomic mass is 10.2. The maximum absolute atomic E-state index is 12.6. The Kier molecular flexibility index (Phi) is 5.73. The van der Waals surface area contributed by atoms with Gasteiger partial charge in [0, 0.05) is 17.6 Å². The van der Waals surface area contributed by atoms with Crippen LogP contribution in [-0.4, -0.2) is 39.5 Å². The molecule has 27 heavy (non-hydrogen) atoms. The minimum atomic E-state index is -0.412. The minimum Gasteiger partial charge on any atom is -0.462 e. The number of aromatic nitrogens is 3. The normalized spacial score (nSPS) is 12.7. The summed E-state index contributed by atoms with van der Waals surface area (Å²) in [6.07, 6.45) is 1.87. The second-order valence-electron chi connectivity index (χ2n) is 6.34. The molecule has 3 aromatic heterocycles. The second-order valence-corrected chi connectivity index (χ2v) is 8.66. The molecule has 3 aromatic rings. The summed E-state index contributed by atoms with van der Waals surface area (Å²) in [7, 11) is 1.98. The third-order valence-electron chi connectivity index (χ3n) is 4.41. The first-order valence-electron chi connectivity index (χ1n) is 8.63. The number of thiazole rings is 1. The van der Waals surface area contributed by atoms with E-state index in [4.69, 9.17) is 4.74 Å². The first-order chi connectivity index (χ1) is 12.8. The number of hydrogen-bond donors (Lipinski definition) is 1. The van der Waals surface area contributed by atoms with Gasteiger partial charge in [-0.25, -0.2) is 14.8 Å². The SMILES string of the molecule is CCOC(=O)c1sc2nc(C(C)N(C)Cc3cnc(C)s3)[nH]c(=O)c2c1C. The number of aromatic amines is 1. The zero-order valence-electron chi connectivity index (χ0n) is 16.0. The molecule has 7 nitrogen and oxygen atoms in total. The Morgan fingerprint density at radius 3 is 2.74 bits per heavy atom. The lowest BCUT2D eigenvalue weighted by Crippen LogP contribution is -2.25. The lowest BCUT2D eigenvalue weighted by Gasteiger charge is -2.23. The average molecular weight is 407 g/mol. The summed E-state index contributed by atoms with van der Waals surface area (Å²) in [5.41, 5.74) is 0.392. The van der Waals surface area contributed by atoms with Crippen LogP contribution in [0.15, 0.2) is 11.0 Å². The number of carbonyl (C=O) groups excluding carboxylic acids is 1. The van der Waals surface area contributed by atoms with Crippen LogP contribution in [-0.2, 0) is 11.3 Å². The molecule has 0 saturated carbocycles. The van der Waals surface area contributed by atoms with E-state index in [1.165, 1.54) is 11.3 Å². The first-order valence-corrected chi connectivity index (χ1v) is 10.3. The summed E-state index contributed by atoms with van der Waals surface area (Å²) < 4.78 is 5.08. The molecule has 1 unspecified atom stereocenters. The number of nitrogens with one attached hydrogen (secondary N) is 1. The Bertz CT molecular complexity index is 1040. The predicted octanol–water partition coefficient (Wildman–Crippen LogP) is 3.43. The van der Waals surface area contributed by atoms with Crippen LogP contribution in [0.1, 0.15) is 50.8 Å². The standard InChI is InChI=1S/C18H22N4O3S2/c1-6-25-18(24)14-9(2)13-16(23)20-15(21-17(13)27-14)10(3)22(5)8-12-7-19-11(4)26-12/h7,10H,6,8H2,1-5H3,(H,20,21,23). The molecule has 0 aliphatic carbocycles. The van der Waals surface area contributed by atoms with Crippen molar-refractivity contribution >= 4 is 38.9 Å². The fourth-order valence-electron chi connectivity index (χ4n) is 2.82. The number of esters is 1. The average Bonchev–Trinajstić information content (AvgIpc) is 3.17. The van der Waals surface area contributed by atoms with Crippen LogP contribution in [0.5, 0.6) is 0 Å². The molecule has 9 heteroatoms. The van der Waals surface area contributed by atoms with Crippen LogP contribution < -0.4 is 5.56 Å². The number of rotatable bonds is 6. The van der Waals surface area contributed by atoms with Crippen LogP contribution >= 0.6 is 22.7 Å². The van der Waals surface area contributed by atoms with Gasteiger partial charge in [-0.2, -0.15) is 0 Å². The topological polar surface area (TPSA) is 88.2 Å². The zero-order chi connectivity index (χ0) is 19.7. The highest BCUT2D eigenvalue weighted by molar-refractivity contribution is 7.20. The van der Waals surface area contributed by atoms with E-state index in [0.29, 0.717) is 39.6 Å². The Morgan fingerprint density at radius 1 is 1.37 bits per heavy atom. The van der Waals surface area contributed by atoms with Crippen LogP contribution in [0.4, 0.5) is 0 Å². The zero-order valence-corrected chi connectivity index (χ0v) is 17.6. The van der Waals surface area contributed by atoms with E-state index in [9.17, 15) is 9.59 Å². The molecule has 0 aliphatic rings. The Hall–Kier alpha value is -2.10. The van der Waals surface area contributed by atoms with Crippen molar-refractivity contribution in [3.05, 3.63) is 42.7 Å². The summed E-state index contributed by atoms with van der Waals surface area (Å²) in [6, 6.07) is -0.0991. The number of aryl methyl sites for hydroxylation is 2. The molecule has 0 spiro atoms. The van der Waals surface area contributed by atoms with Crippen LogP contribution in [0.2, 0.25) is 0 Å². The van der Waals surface area contributed by atoms with Gasteiger partial charge in [-0.15, -0.1) is 22.7 Å². The highest BCUT2D eigenvalue weighted by atomic mass is 32.1. The molecule has 0 bridgehead atoms. The van der Waals surface area contributed by atoms with Crippen molar-refractivity contribution in [3.8, 4) is 0 Å². The quantitative estimate of drug-likeness (QED) is 0.631. The van der Waals surface area contributed by atoms with Crippen molar-refractivity contribution in [2.45, 2.75) is 40.3 Å². The van der Waals surface area contributed by atoms with E-state index in [-0.39, 0.29) is 11.6 Å². The highest BCUT2D eigenvalue weighted by Gasteiger charge is 2.22. The van der Waals surface area contributed by atoms with Crippen LogP contribution in [0, 0.1) is 13.8 Å². The van der Waals surface area contributed by atoms with Gasteiger partial charge in [0.1, 0.15) is 15.5 Å². The highest BCUT2D eigenvalue weighted by Crippen LogP contribution is 2.29. The number of H-pyrrole nitrogens is 1. The molecule has 0 saturated heterocycles. The fourth-order valence-corrected chi connectivity index (χ4v) is 4.76. The van der Waals surface area contributed by atoms with Crippen molar-refractivity contribution < 1.29 is 9.53 Å². The molecular formula is C18H22N4O3S2. The molecule has 0 amide bonds. The van der Waals surface area contributed by atoms with Crippen LogP contribution in [0.25, 0.3) is 10.2 Å². The number of nitrogens with zero attached hydrogens (tertiary/aromatic N) is 3. The van der Waals surface area contributed by atoms with Gasteiger partial charge in [0.25, 0.3) is 5.56 Å². The van der Waals surface area contributed by atoms with Crippen LogP contribution in [0.3, 0.4) is 0 Å². The molecule has 1 atom stereocenters. The number of hydrogen-bond acceptors (Lipinski definition) is 8. The number of thiophene rings is 1. The molecule has 1 N–H and O–H groups in total. The van der Waals surface area contributed by atoms with Gasteiger partial charge < -0.3 is 9.72 Å². The Labute approximate surface area is 165 Å². The third kappa shape index (κ3) is 3.95. The van der Waals surface area contributed by atoms with E-state index < -0.39 is 5.97 Å². The van der Waals surface area contributed by atoms with Crippen molar-refractivity contribution in [1.29, 1.82) is 0 Å². The summed E-state index contributed by atoms with van der Waals surface area (Å²) in [5, 5.41) is 1.49. The Morgan fingerprint density at radius 2 is 2.11 bits per heavy atom. The summed E-state index contributed by atoms with van der Waals surface area (Å²) >= 11 is 2.86. The predicted molar refractivity (Wildman–Crippen MR) is 108 cm³/mol. The first kappa shape index (κ1) is 19.7. The molecule has 3 heterocycles. The van der Waals surface area contributed by atoms with E-state index in [2.05, 4.69) is 19.9 Å². The van der Waals surface area contributed by atoms with Gasteiger partial charge >= 0.3 is 5.97 Å². The van der Waals surface area contributed by atoms with Crippen molar-refractivity contribution in [3.63, 3.8) is 0 Å². The Balaban J connectivity index is 1.93. The summed E-state index contributed by atoms with van der Waals surface area (Å²) in [5.74, 6) is 0.164. The number of ether oxygens (including phenoxy) is 1. The maximum atomic E-state index is 12.6. The molecule has 0 radical (unpaired) electrons. The van der Waals surface area contributed by atoms with E-state index in [1.807, 2.05) is 27.1 Å². The van der Waals surface area contributed by atoms with Crippen molar-refractivity contribution in [1.82, 2.24) is 19.9 Å². The third-order valence-corrected chi connectivity index (χ3v) is 6.47. The molecule has 0 fully saturated rings. The summed E-state index contributed by atoms with van der Waals surface area (Å²) in [6.45, 7) is 8.48. The van der Waals surface area contributed by atoms with Gasteiger partial charge in [-0.05, 0) is 40.3 Å². The van der Waals surface area contributed by atoms with Gasteiger partial charge in [0.15, 0.2) is 0 Å². The van der Waals surface area contributed by atoms with Crippen molar-refractivity contribution in [2.75, 3.05) is 13.7 Å². The second kappa shape index (κ2) is 7.87. The van der Waals surface area contributed by atoms with E-state index in [0.717, 1.165) is 9.88 Å². The van der Waals surface area contributed by atoms with E-state index in [1.54, 1.807) is 25.2 Å². The molecule has 0 aromatic carbocycles. The van der Waals surface area contributed by atoms with Gasteiger partial charge in [0.05, 0.1) is 23.0 Å². The monoisotopic (exact) mass is 406 g/mol. The van der Waals surface area contributed by atoms with Crippen molar-refractivity contribution in [2.24, 2.45) is 0 Å². The molecule has 0 aliphatic heterocycles. The summed E-state index contributed by atoms with van der Waals surface area (Å²) in [4.78, 5) is 40.8. The molecular weight excluding hydrogens is 384 g/mol. The van der Waals surface area contributed by atoms with E-state index >= 15 is 0 Å². The number of carbonyl (C=O) groups is 1. The van der Waals surface area contributed by atoms with Gasteiger partial charge in [-0.3, -0.25) is 9.69 Å². The molecule has 3 rings (SSSR count). The molecule has 144 valence electrons. The lowest BCUT2D eigenvalue weighted by molar-refractivity contribution is 0.0531. The fraction of sp³-hybridized carbons (Fsp3) is 0.444. The largest absolute Gasteiger partial charge is 0.462 e. The minimum absolute atomic E-state index is 0.0991. The van der Waals surface area contributed by atoms with Gasteiger partial charge in [-0.1, -0.05) is 0 Å². The van der Waals surface area contributed by atoms with Gasteiger partial charge in [0.2, 0.25) is 0 Å². The number of fused-ring (bicyclic) bond motifs is 1. The maximum Gasteiger partial charge on any atom is 0.348 e. The smallest absolute Gasteiger partial charge is 0.348 e.